The van der Waals surface area contributed by atoms with E-state index >= 15 is 0 Å². The second kappa shape index (κ2) is 7.13. The molecule has 0 saturated carbocycles. The Morgan fingerprint density at radius 1 is 1.43 bits per heavy atom. The van der Waals surface area contributed by atoms with Crippen molar-refractivity contribution in [2.75, 3.05) is 6.54 Å². The number of nitrogens with zero attached hydrogens (tertiary/aromatic N) is 2. The predicted octanol–water partition coefficient (Wildman–Crippen LogP) is 4.20. The van der Waals surface area contributed by atoms with Crippen LogP contribution in [0.4, 0.5) is 0 Å². The van der Waals surface area contributed by atoms with Crippen LogP contribution in [-0.4, -0.2) is 11.1 Å². The number of aryl methyl sites for hydroxylation is 2. The minimum Gasteiger partial charge on any atom is -0.354 e. The molecular weight excluding hydrogens is 258 g/mol. The summed E-state index contributed by atoms with van der Waals surface area (Å²) in [5.41, 5.74) is 2.83. The van der Waals surface area contributed by atoms with Gasteiger partial charge in [-0.2, -0.15) is 5.26 Å². The minimum atomic E-state index is -0.196. The Hall–Kier alpha value is -1.27. The number of hydrogen-bond donors (Lipinski definition) is 1. The van der Waals surface area contributed by atoms with E-state index in [4.69, 9.17) is 5.26 Å². The van der Waals surface area contributed by atoms with Gasteiger partial charge in [0.15, 0.2) is 0 Å². The average Bonchev–Trinajstić information content (AvgIpc) is 2.88. The van der Waals surface area contributed by atoms with Gasteiger partial charge in [-0.1, -0.05) is 6.92 Å². The second-order valence-electron chi connectivity index (χ2n) is 6.97. The molecule has 0 bridgehead atoms. The van der Waals surface area contributed by atoms with Crippen LogP contribution in [0.15, 0.2) is 12.4 Å². The Morgan fingerprint density at radius 3 is 2.95 bits per heavy atom. The van der Waals surface area contributed by atoms with Gasteiger partial charge < -0.3 is 9.88 Å². The zero-order valence-corrected chi connectivity index (χ0v) is 13.8. The first-order valence-electron chi connectivity index (χ1n) is 8.39. The average molecular weight is 287 g/mol. The van der Waals surface area contributed by atoms with Crippen molar-refractivity contribution in [2.24, 2.45) is 5.41 Å². The van der Waals surface area contributed by atoms with Gasteiger partial charge in [0.2, 0.25) is 0 Å². The predicted molar refractivity (Wildman–Crippen MR) is 87.0 cm³/mol. The van der Waals surface area contributed by atoms with Crippen molar-refractivity contribution in [1.82, 2.24) is 9.88 Å². The second-order valence-corrected chi connectivity index (χ2v) is 6.97. The summed E-state index contributed by atoms with van der Waals surface area (Å²) in [6.45, 7) is 8.40. The topological polar surface area (TPSA) is 40.8 Å². The summed E-state index contributed by atoms with van der Waals surface area (Å²) in [5, 5.41) is 12.7. The summed E-state index contributed by atoms with van der Waals surface area (Å²) >= 11 is 0. The Bertz CT molecular complexity index is 493. The third kappa shape index (κ3) is 4.35. The highest BCUT2D eigenvalue weighted by Gasteiger charge is 2.21. The summed E-state index contributed by atoms with van der Waals surface area (Å²) in [4.78, 5) is 0. The van der Waals surface area contributed by atoms with E-state index in [1.165, 1.54) is 36.8 Å². The maximum atomic E-state index is 9.08. The number of hydrogen-bond acceptors (Lipinski definition) is 2. The first kappa shape index (κ1) is 16.1. The number of aromatic nitrogens is 1. The van der Waals surface area contributed by atoms with E-state index in [0.29, 0.717) is 6.04 Å². The lowest BCUT2D eigenvalue weighted by Gasteiger charge is -2.23. The fourth-order valence-corrected chi connectivity index (χ4v) is 3.17. The van der Waals surface area contributed by atoms with Crippen LogP contribution in [-0.2, 0) is 13.0 Å². The van der Waals surface area contributed by atoms with Crippen molar-refractivity contribution >= 4 is 0 Å². The molecule has 2 rings (SSSR count). The number of fused-ring (bicyclic) bond motifs is 1. The Labute approximate surface area is 129 Å². The van der Waals surface area contributed by atoms with Crippen molar-refractivity contribution in [3.05, 3.63) is 23.5 Å². The van der Waals surface area contributed by atoms with Gasteiger partial charge in [-0.3, -0.25) is 0 Å². The van der Waals surface area contributed by atoms with Gasteiger partial charge in [0.25, 0.3) is 0 Å². The van der Waals surface area contributed by atoms with Crippen LogP contribution in [0.5, 0.6) is 0 Å². The molecular formula is C18H29N3. The van der Waals surface area contributed by atoms with Gasteiger partial charge in [-0.05, 0) is 70.0 Å². The van der Waals surface area contributed by atoms with Crippen LogP contribution in [0.2, 0.25) is 0 Å². The molecule has 116 valence electrons. The molecule has 3 nitrogen and oxygen atoms in total. The van der Waals surface area contributed by atoms with Crippen LogP contribution >= 0.6 is 0 Å². The zero-order valence-electron chi connectivity index (χ0n) is 13.8. The lowest BCUT2D eigenvalue weighted by Crippen LogP contribution is -2.24. The van der Waals surface area contributed by atoms with Crippen LogP contribution in [0.1, 0.15) is 70.0 Å². The summed E-state index contributed by atoms with van der Waals surface area (Å²) in [6, 6.07) is 2.93. The van der Waals surface area contributed by atoms with Crippen LogP contribution in [0.25, 0.3) is 0 Å². The largest absolute Gasteiger partial charge is 0.354 e. The highest BCUT2D eigenvalue weighted by Crippen LogP contribution is 2.31. The van der Waals surface area contributed by atoms with E-state index in [-0.39, 0.29) is 5.41 Å². The number of nitriles is 1. The molecule has 0 radical (unpaired) electrons. The molecule has 1 heterocycles. The molecule has 1 atom stereocenters. The fourth-order valence-electron chi connectivity index (χ4n) is 3.17. The summed E-state index contributed by atoms with van der Waals surface area (Å²) in [5.74, 6) is 0. The summed E-state index contributed by atoms with van der Waals surface area (Å²) < 4.78 is 2.34. The van der Waals surface area contributed by atoms with Crippen LogP contribution < -0.4 is 5.32 Å². The molecule has 1 aromatic rings. The lowest BCUT2D eigenvalue weighted by atomic mass is 9.90. The van der Waals surface area contributed by atoms with Crippen LogP contribution in [0, 0.1) is 16.7 Å². The molecule has 1 aliphatic rings. The highest BCUT2D eigenvalue weighted by atomic mass is 15.0. The van der Waals surface area contributed by atoms with E-state index in [2.05, 4.69) is 35.3 Å². The smallest absolute Gasteiger partial charge is 0.0683 e. The molecule has 0 amide bonds. The Morgan fingerprint density at radius 2 is 2.24 bits per heavy atom. The first-order chi connectivity index (χ1) is 10.1. The maximum Gasteiger partial charge on any atom is 0.0683 e. The Kier molecular flexibility index (Phi) is 5.47. The third-order valence-electron chi connectivity index (χ3n) is 4.47. The molecule has 0 saturated heterocycles. The van der Waals surface area contributed by atoms with Gasteiger partial charge in [0, 0.05) is 25.0 Å². The molecule has 0 aromatic carbocycles. The van der Waals surface area contributed by atoms with Crippen molar-refractivity contribution < 1.29 is 0 Å². The quantitative estimate of drug-likeness (QED) is 0.816. The molecule has 0 spiro atoms. The normalized spacial score (nSPS) is 18.3. The third-order valence-corrected chi connectivity index (χ3v) is 4.47. The maximum absolute atomic E-state index is 9.08. The van der Waals surface area contributed by atoms with Crippen LogP contribution in [0.3, 0.4) is 0 Å². The summed E-state index contributed by atoms with van der Waals surface area (Å²) in [7, 11) is 0. The van der Waals surface area contributed by atoms with Crippen molar-refractivity contribution in [2.45, 2.75) is 71.9 Å². The van der Waals surface area contributed by atoms with Gasteiger partial charge in [-0.25, -0.2) is 0 Å². The van der Waals surface area contributed by atoms with E-state index in [0.717, 1.165) is 25.9 Å². The molecule has 0 fully saturated rings. The molecule has 1 aromatic heterocycles. The lowest BCUT2D eigenvalue weighted by molar-refractivity contribution is 0.415. The molecule has 3 heteroatoms. The van der Waals surface area contributed by atoms with Crippen molar-refractivity contribution in [1.29, 1.82) is 5.26 Å². The van der Waals surface area contributed by atoms with Gasteiger partial charge in [-0.15, -0.1) is 0 Å². The van der Waals surface area contributed by atoms with Gasteiger partial charge in [0.1, 0.15) is 0 Å². The molecule has 1 aliphatic carbocycles. The van der Waals surface area contributed by atoms with E-state index in [9.17, 15) is 0 Å². The molecule has 1 N–H and O–H groups in total. The Balaban J connectivity index is 1.95. The van der Waals surface area contributed by atoms with E-state index < -0.39 is 0 Å². The monoisotopic (exact) mass is 287 g/mol. The van der Waals surface area contributed by atoms with Crippen molar-refractivity contribution in [3.8, 4) is 6.07 Å². The SMILES string of the molecule is CCCNC1CCCc2cn(CCCC(C)(C)C#N)cc21. The zero-order chi connectivity index (χ0) is 15.3. The fraction of sp³-hybridized carbons (Fsp3) is 0.722. The molecule has 0 aliphatic heterocycles. The number of rotatable bonds is 7. The standard InChI is InChI=1S/C18H29N3/c1-4-10-20-17-8-5-7-15-12-21(13-16(15)17)11-6-9-18(2,3)14-19/h12-13,17,20H,4-11H2,1-3H3. The van der Waals surface area contributed by atoms with E-state index in [1.807, 2.05) is 13.8 Å². The molecule has 1 unspecified atom stereocenters. The van der Waals surface area contributed by atoms with Gasteiger partial charge >= 0.3 is 0 Å². The highest BCUT2D eigenvalue weighted by molar-refractivity contribution is 5.30. The number of nitrogens with one attached hydrogen (secondary N) is 1. The van der Waals surface area contributed by atoms with E-state index in [1.54, 1.807) is 0 Å². The minimum absolute atomic E-state index is 0.196. The summed E-state index contributed by atoms with van der Waals surface area (Å²) in [6.07, 6.45) is 11.7. The van der Waals surface area contributed by atoms with Gasteiger partial charge in [0.05, 0.1) is 11.5 Å². The molecule has 21 heavy (non-hydrogen) atoms. The first-order valence-corrected chi connectivity index (χ1v) is 8.39. The van der Waals surface area contributed by atoms with Crippen molar-refractivity contribution in [3.63, 3.8) is 0 Å².